The van der Waals surface area contributed by atoms with Crippen molar-refractivity contribution in [3.63, 3.8) is 0 Å². The molecule has 3 aliphatic rings. The van der Waals surface area contributed by atoms with Gasteiger partial charge in [-0.25, -0.2) is 0 Å². The lowest BCUT2D eigenvalue weighted by Crippen LogP contribution is -2.42. The van der Waals surface area contributed by atoms with E-state index in [2.05, 4.69) is 58.5 Å². The number of carbonyl (C=O) groups is 2. The predicted octanol–water partition coefficient (Wildman–Crippen LogP) is 4.65. The first-order chi connectivity index (χ1) is 16.2. The molecule has 2 aromatic carbocycles. The molecule has 0 bridgehead atoms. The summed E-state index contributed by atoms with van der Waals surface area (Å²) in [7, 11) is 4.03. The summed E-state index contributed by atoms with van der Waals surface area (Å²) in [5.74, 6) is 0.153. The van der Waals surface area contributed by atoms with E-state index in [0.29, 0.717) is 6.42 Å². The Labute approximate surface area is 202 Å². The number of fused-ring (bicyclic) bond motifs is 1. The molecule has 0 spiro atoms. The number of benzene rings is 2. The normalized spacial score (nSPS) is 21.2. The highest BCUT2D eigenvalue weighted by Crippen LogP contribution is 2.48. The topological polar surface area (TPSA) is 64.7 Å². The van der Waals surface area contributed by atoms with Gasteiger partial charge in [0.1, 0.15) is 0 Å². The predicted molar refractivity (Wildman–Crippen MR) is 137 cm³/mol. The summed E-state index contributed by atoms with van der Waals surface area (Å²) in [6, 6.07) is 16.4. The summed E-state index contributed by atoms with van der Waals surface area (Å²) >= 11 is 0. The first-order valence-corrected chi connectivity index (χ1v) is 12.2. The fourth-order valence-electron chi connectivity index (χ4n) is 5.18. The Morgan fingerprint density at radius 3 is 2.47 bits per heavy atom. The summed E-state index contributed by atoms with van der Waals surface area (Å²) in [4.78, 5) is 30.9. The van der Waals surface area contributed by atoms with Gasteiger partial charge in [-0.1, -0.05) is 38.1 Å². The van der Waals surface area contributed by atoms with Crippen molar-refractivity contribution in [2.24, 2.45) is 5.41 Å². The molecule has 6 nitrogen and oxygen atoms in total. The standard InChI is InChI=1S/C28H34N4O2/c1-28(2)15-22-26(24(33)16-28)27(18-9-13-20(14-10-18)31(3)4)32(17-25(34)29-19-11-12-19)23-8-6-5-7-21(23)30-22/h5-10,13-14,19,27,30H,11-12,15-17H2,1-4H3,(H,29,34). The number of Topliss-reactive ketones (excluding diaryl/α,β-unsaturated/α-hetero) is 1. The van der Waals surface area contributed by atoms with E-state index in [1.807, 2.05) is 38.4 Å². The number of carbonyl (C=O) groups excluding carboxylic acids is 2. The number of rotatable bonds is 5. The quantitative estimate of drug-likeness (QED) is 0.683. The molecule has 34 heavy (non-hydrogen) atoms. The van der Waals surface area contributed by atoms with Gasteiger partial charge in [0.2, 0.25) is 5.91 Å². The van der Waals surface area contributed by atoms with Crippen LogP contribution in [0.25, 0.3) is 0 Å². The third-order valence-corrected chi connectivity index (χ3v) is 6.99. The van der Waals surface area contributed by atoms with E-state index >= 15 is 0 Å². The number of allylic oxidation sites excluding steroid dienone is 1. The Morgan fingerprint density at radius 1 is 1.09 bits per heavy atom. The van der Waals surface area contributed by atoms with Gasteiger partial charge in [-0.2, -0.15) is 0 Å². The van der Waals surface area contributed by atoms with Crippen molar-refractivity contribution in [1.82, 2.24) is 5.32 Å². The second-order valence-electron chi connectivity index (χ2n) is 10.8. The van der Waals surface area contributed by atoms with Crippen LogP contribution in [0.5, 0.6) is 0 Å². The minimum atomic E-state index is -0.337. The number of ketones is 1. The maximum Gasteiger partial charge on any atom is 0.239 e. The van der Waals surface area contributed by atoms with E-state index in [1.165, 1.54) is 0 Å². The molecule has 2 aliphatic carbocycles. The molecule has 1 fully saturated rings. The number of amides is 1. The summed E-state index contributed by atoms with van der Waals surface area (Å²) < 4.78 is 0. The molecule has 1 aliphatic heterocycles. The molecular weight excluding hydrogens is 424 g/mol. The van der Waals surface area contributed by atoms with E-state index in [0.717, 1.165) is 53.2 Å². The lowest BCUT2D eigenvalue weighted by molar-refractivity contribution is -0.120. The number of hydrogen-bond donors (Lipinski definition) is 2. The second kappa shape index (κ2) is 8.49. The van der Waals surface area contributed by atoms with Crippen molar-refractivity contribution >= 4 is 28.8 Å². The molecule has 2 N–H and O–H groups in total. The number of hydrogen-bond acceptors (Lipinski definition) is 5. The second-order valence-corrected chi connectivity index (χ2v) is 10.8. The van der Waals surface area contributed by atoms with Crippen molar-refractivity contribution in [1.29, 1.82) is 0 Å². The van der Waals surface area contributed by atoms with Crippen molar-refractivity contribution in [2.75, 3.05) is 35.8 Å². The van der Waals surface area contributed by atoms with Gasteiger partial charge >= 0.3 is 0 Å². The number of nitrogens with one attached hydrogen (secondary N) is 2. The Morgan fingerprint density at radius 2 is 1.79 bits per heavy atom. The van der Waals surface area contributed by atoms with Gasteiger partial charge in [-0.3, -0.25) is 9.59 Å². The van der Waals surface area contributed by atoms with Gasteiger partial charge in [0, 0.05) is 43.5 Å². The fourth-order valence-corrected chi connectivity index (χ4v) is 5.18. The molecule has 1 heterocycles. The zero-order valence-corrected chi connectivity index (χ0v) is 20.5. The Hall–Kier alpha value is -3.28. The van der Waals surface area contributed by atoms with Crippen LogP contribution in [0.3, 0.4) is 0 Å². The average Bonchev–Trinajstić information content (AvgIpc) is 3.59. The molecule has 0 saturated heterocycles. The summed E-state index contributed by atoms with van der Waals surface area (Å²) in [5.41, 5.74) is 5.63. The van der Waals surface area contributed by atoms with Crippen LogP contribution in [0.2, 0.25) is 0 Å². The van der Waals surface area contributed by atoms with Gasteiger partial charge in [0.25, 0.3) is 0 Å². The highest BCUT2D eigenvalue weighted by Gasteiger charge is 2.42. The van der Waals surface area contributed by atoms with E-state index < -0.39 is 0 Å². The minimum Gasteiger partial charge on any atom is -0.378 e. The molecular formula is C28H34N4O2. The first kappa shape index (κ1) is 22.5. The van der Waals surface area contributed by atoms with E-state index in [1.54, 1.807) is 0 Å². The molecule has 2 aromatic rings. The maximum atomic E-state index is 13.7. The average molecular weight is 459 g/mol. The summed E-state index contributed by atoms with van der Waals surface area (Å²) in [5, 5.41) is 6.75. The van der Waals surface area contributed by atoms with Crippen molar-refractivity contribution in [2.45, 2.75) is 51.6 Å². The Kier molecular flexibility index (Phi) is 5.62. The molecule has 0 aromatic heterocycles. The fraction of sp³-hybridized carbons (Fsp3) is 0.429. The van der Waals surface area contributed by atoms with E-state index in [-0.39, 0.29) is 35.7 Å². The Bertz CT molecular complexity index is 1150. The van der Waals surface area contributed by atoms with Gasteiger partial charge in [-0.05, 0) is 54.5 Å². The van der Waals surface area contributed by atoms with Crippen LogP contribution in [0.4, 0.5) is 17.1 Å². The van der Waals surface area contributed by atoms with Crippen LogP contribution in [-0.2, 0) is 9.59 Å². The molecule has 1 atom stereocenters. The Balaban J connectivity index is 1.66. The van der Waals surface area contributed by atoms with Crippen molar-refractivity contribution < 1.29 is 9.59 Å². The lowest BCUT2D eigenvalue weighted by Gasteiger charge is -2.38. The highest BCUT2D eigenvalue weighted by molar-refractivity contribution is 6.02. The van der Waals surface area contributed by atoms with E-state index in [4.69, 9.17) is 0 Å². The third kappa shape index (κ3) is 4.41. The monoisotopic (exact) mass is 458 g/mol. The zero-order valence-electron chi connectivity index (χ0n) is 20.5. The van der Waals surface area contributed by atoms with Gasteiger partial charge < -0.3 is 20.4 Å². The number of nitrogens with zero attached hydrogens (tertiary/aromatic N) is 2. The molecule has 1 saturated carbocycles. The highest BCUT2D eigenvalue weighted by atomic mass is 16.2. The van der Waals surface area contributed by atoms with Crippen LogP contribution in [0.1, 0.15) is 51.1 Å². The van der Waals surface area contributed by atoms with Crippen molar-refractivity contribution in [3.05, 3.63) is 65.4 Å². The molecule has 1 unspecified atom stereocenters. The zero-order chi connectivity index (χ0) is 24.0. The largest absolute Gasteiger partial charge is 0.378 e. The number of para-hydroxylation sites is 2. The maximum absolute atomic E-state index is 13.7. The molecule has 178 valence electrons. The molecule has 6 heteroatoms. The molecule has 5 rings (SSSR count). The smallest absolute Gasteiger partial charge is 0.239 e. The molecule has 0 radical (unpaired) electrons. The summed E-state index contributed by atoms with van der Waals surface area (Å²) in [6.45, 7) is 4.49. The summed E-state index contributed by atoms with van der Waals surface area (Å²) in [6.07, 6.45) is 3.37. The first-order valence-electron chi connectivity index (χ1n) is 12.2. The minimum absolute atomic E-state index is 0.000136. The number of anilines is 3. The van der Waals surface area contributed by atoms with Crippen LogP contribution in [0, 0.1) is 5.41 Å². The van der Waals surface area contributed by atoms with Gasteiger partial charge in [-0.15, -0.1) is 0 Å². The lowest BCUT2D eigenvalue weighted by atomic mass is 9.73. The molecule has 1 amide bonds. The SMILES string of the molecule is CN(C)c1ccc(C2C3=C(CC(C)(C)CC3=O)Nc3ccccc3N2CC(=O)NC2CC2)cc1. The van der Waals surface area contributed by atoms with Gasteiger partial charge in [0.05, 0.1) is 24.0 Å². The van der Waals surface area contributed by atoms with Crippen LogP contribution in [-0.4, -0.2) is 38.4 Å². The van der Waals surface area contributed by atoms with Crippen molar-refractivity contribution in [3.8, 4) is 0 Å². The van der Waals surface area contributed by atoms with Crippen LogP contribution < -0.4 is 20.4 Å². The van der Waals surface area contributed by atoms with Crippen LogP contribution >= 0.6 is 0 Å². The van der Waals surface area contributed by atoms with E-state index in [9.17, 15) is 9.59 Å². The van der Waals surface area contributed by atoms with Crippen LogP contribution in [0.15, 0.2) is 59.8 Å². The van der Waals surface area contributed by atoms with Gasteiger partial charge in [0.15, 0.2) is 5.78 Å². The third-order valence-electron chi connectivity index (χ3n) is 6.99.